The van der Waals surface area contributed by atoms with Gasteiger partial charge in [0.05, 0.1) is 4.90 Å². The van der Waals surface area contributed by atoms with Crippen molar-refractivity contribution >= 4 is 21.1 Å². The van der Waals surface area contributed by atoms with Crippen molar-refractivity contribution in [3.63, 3.8) is 0 Å². The third-order valence-electron chi connectivity index (χ3n) is 4.84. The van der Waals surface area contributed by atoms with Crippen LogP contribution in [0.4, 0.5) is 0 Å². The van der Waals surface area contributed by atoms with Crippen LogP contribution < -0.4 is 4.72 Å². The Morgan fingerprint density at radius 1 is 1.14 bits per heavy atom. The number of hydrogen-bond donors (Lipinski definition) is 1. The Balaban J connectivity index is 1.80. The van der Waals surface area contributed by atoms with Gasteiger partial charge in [-0.3, -0.25) is 0 Å². The number of benzene rings is 1. The SMILES string of the molecule is Cc1cc(C)c(S(=O)(=O)NCCc2cn(CC(C)C)c3ncccc23)c(C)c1. The molecule has 0 amide bonds. The molecule has 0 aliphatic rings. The third-order valence-corrected chi connectivity index (χ3v) is 6.60. The van der Waals surface area contributed by atoms with E-state index in [4.69, 9.17) is 0 Å². The van der Waals surface area contributed by atoms with Crippen LogP contribution in [-0.2, 0) is 23.0 Å². The summed E-state index contributed by atoms with van der Waals surface area (Å²) in [4.78, 5) is 4.91. The number of nitrogens with zero attached hydrogens (tertiary/aromatic N) is 2. The quantitative estimate of drug-likeness (QED) is 0.649. The van der Waals surface area contributed by atoms with Crippen molar-refractivity contribution in [2.24, 2.45) is 5.92 Å². The predicted octanol–water partition coefficient (Wildman–Crippen LogP) is 4.14. The summed E-state index contributed by atoms with van der Waals surface area (Å²) in [5.41, 5.74) is 4.70. The number of rotatable bonds is 7. The smallest absolute Gasteiger partial charge is 0.241 e. The van der Waals surface area contributed by atoms with Crippen molar-refractivity contribution in [1.29, 1.82) is 0 Å². The van der Waals surface area contributed by atoms with Crippen molar-refractivity contribution in [2.45, 2.75) is 52.5 Å². The van der Waals surface area contributed by atoms with Crippen LogP contribution in [0.1, 0.15) is 36.1 Å². The van der Waals surface area contributed by atoms with E-state index in [0.29, 0.717) is 23.8 Å². The molecule has 5 nitrogen and oxygen atoms in total. The summed E-state index contributed by atoms with van der Waals surface area (Å²) in [6.07, 6.45) is 4.53. The van der Waals surface area contributed by atoms with E-state index >= 15 is 0 Å². The average molecular weight is 400 g/mol. The van der Waals surface area contributed by atoms with Gasteiger partial charge in [0.25, 0.3) is 0 Å². The maximum atomic E-state index is 12.9. The maximum Gasteiger partial charge on any atom is 0.241 e. The summed E-state index contributed by atoms with van der Waals surface area (Å²) in [5, 5.41) is 1.09. The fourth-order valence-electron chi connectivity index (χ4n) is 3.91. The van der Waals surface area contributed by atoms with Gasteiger partial charge < -0.3 is 4.57 Å². The Labute approximate surface area is 167 Å². The Hall–Kier alpha value is -2.18. The molecule has 0 spiro atoms. The molecule has 0 aliphatic carbocycles. The first-order chi connectivity index (χ1) is 13.2. The molecule has 3 aromatic rings. The molecule has 0 saturated carbocycles. The molecular formula is C22H29N3O2S. The first kappa shape index (κ1) is 20.6. The lowest BCUT2D eigenvalue weighted by molar-refractivity contribution is 0.532. The summed E-state index contributed by atoms with van der Waals surface area (Å²) >= 11 is 0. The fourth-order valence-corrected chi connectivity index (χ4v) is 5.39. The van der Waals surface area contributed by atoms with Gasteiger partial charge in [-0.25, -0.2) is 18.1 Å². The number of sulfonamides is 1. The van der Waals surface area contributed by atoms with Crippen LogP contribution in [0.25, 0.3) is 11.0 Å². The summed E-state index contributed by atoms with van der Waals surface area (Å²) in [5.74, 6) is 0.511. The highest BCUT2D eigenvalue weighted by atomic mass is 32.2. The molecule has 0 fully saturated rings. The predicted molar refractivity (Wildman–Crippen MR) is 114 cm³/mol. The zero-order valence-electron chi connectivity index (χ0n) is 17.3. The minimum atomic E-state index is -3.55. The summed E-state index contributed by atoms with van der Waals surface area (Å²) < 4.78 is 30.7. The Morgan fingerprint density at radius 3 is 2.46 bits per heavy atom. The second-order valence-corrected chi connectivity index (χ2v) is 9.65. The van der Waals surface area contributed by atoms with Gasteiger partial charge in [0.15, 0.2) is 0 Å². The lowest BCUT2D eigenvalue weighted by Gasteiger charge is -2.13. The van der Waals surface area contributed by atoms with Gasteiger partial charge in [0, 0.05) is 30.9 Å². The Bertz CT molecular complexity index is 1080. The van der Waals surface area contributed by atoms with E-state index in [1.54, 1.807) is 6.20 Å². The molecule has 150 valence electrons. The van der Waals surface area contributed by atoms with Gasteiger partial charge in [-0.15, -0.1) is 0 Å². The van der Waals surface area contributed by atoms with Gasteiger partial charge in [-0.05, 0) is 61.9 Å². The highest BCUT2D eigenvalue weighted by molar-refractivity contribution is 7.89. The van der Waals surface area contributed by atoms with Gasteiger partial charge in [-0.1, -0.05) is 31.5 Å². The number of nitrogens with one attached hydrogen (secondary N) is 1. The molecule has 0 radical (unpaired) electrons. The second-order valence-electron chi connectivity index (χ2n) is 7.95. The molecule has 0 aliphatic heterocycles. The summed E-state index contributed by atoms with van der Waals surface area (Å²) in [6.45, 7) is 11.3. The van der Waals surface area contributed by atoms with Gasteiger partial charge >= 0.3 is 0 Å². The average Bonchev–Trinajstić information content (AvgIpc) is 2.91. The van der Waals surface area contributed by atoms with Gasteiger partial charge in [-0.2, -0.15) is 0 Å². The van der Waals surface area contributed by atoms with Crippen LogP contribution >= 0.6 is 0 Å². The zero-order valence-corrected chi connectivity index (χ0v) is 18.1. The zero-order chi connectivity index (χ0) is 20.5. The van der Waals surface area contributed by atoms with Crippen molar-refractivity contribution in [3.05, 3.63) is 58.9 Å². The van der Waals surface area contributed by atoms with Crippen molar-refractivity contribution in [3.8, 4) is 0 Å². The monoisotopic (exact) mass is 399 g/mol. The topological polar surface area (TPSA) is 64.0 Å². The molecule has 1 N–H and O–H groups in total. The third kappa shape index (κ3) is 4.28. The molecule has 0 saturated heterocycles. The van der Waals surface area contributed by atoms with Crippen molar-refractivity contribution < 1.29 is 8.42 Å². The fraction of sp³-hybridized carbons (Fsp3) is 0.409. The largest absolute Gasteiger partial charge is 0.332 e. The molecule has 6 heteroatoms. The first-order valence-electron chi connectivity index (χ1n) is 9.69. The minimum Gasteiger partial charge on any atom is -0.332 e. The van der Waals surface area contributed by atoms with E-state index in [0.717, 1.165) is 39.8 Å². The summed E-state index contributed by atoms with van der Waals surface area (Å²) in [6, 6.07) is 7.80. The van der Waals surface area contributed by atoms with E-state index in [-0.39, 0.29) is 0 Å². The Kier molecular flexibility index (Phi) is 5.91. The maximum absolute atomic E-state index is 12.9. The van der Waals surface area contributed by atoms with E-state index in [2.05, 4.69) is 40.4 Å². The number of pyridine rings is 1. The first-order valence-corrected chi connectivity index (χ1v) is 11.2. The standard InChI is InChI=1S/C22H29N3O2S/c1-15(2)13-25-14-19(20-7-6-9-23-22(20)25)8-10-24-28(26,27)21-17(4)11-16(3)12-18(21)5/h6-7,9,11-12,14-15,24H,8,10,13H2,1-5H3. The molecule has 0 atom stereocenters. The van der Waals surface area contributed by atoms with Crippen LogP contribution in [0, 0.1) is 26.7 Å². The molecule has 0 unspecified atom stereocenters. The van der Waals surface area contributed by atoms with Crippen molar-refractivity contribution in [1.82, 2.24) is 14.3 Å². The van der Waals surface area contributed by atoms with Crippen LogP contribution in [-0.4, -0.2) is 24.5 Å². The molecule has 0 bridgehead atoms. The lowest BCUT2D eigenvalue weighted by atomic mass is 10.1. The van der Waals surface area contributed by atoms with Crippen LogP contribution in [0.15, 0.2) is 41.6 Å². The van der Waals surface area contributed by atoms with E-state index < -0.39 is 10.0 Å². The van der Waals surface area contributed by atoms with Crippen LogP contribution in [0.5, 0.6) is 0 Å². The van der Waals surface area contributed by atoms with Crippen LogP contribution in [0.3, 0.4) is 0 Å². The molecule has 28 heavy (non-hydrogen) atoms. The molecule has 2 aromatic heterocycles. The number of hydrogen-bond acceptors (Lipinski definition) is 3. The van der Waals surface area contributed by atoms with Crippen molar-refractivity contribution in [2.75, 3.05) is 6.54 Å². The van der Waals surface area contributed by atoms with Gasteiger partial charge in [0.2, 0.25) is 10.0 Å². The molecule has 1 aromatic carbocycles. The summed E-state index contributed by atoms with van der Waals surface area (Å²) in [7, 11) is -3.55. The number of fused-ring (bicyclic) bond motifs is 1. The van der Waals surface area contributed by atoms with E-state index in [1.165, 1.54) is 0 Å². The molecular weight excluding hydrogens is 370 g/mol. The number of aromatic nitrogens is 2. The second kappa shape index (κ2) is 8.05. The van der Waals surface area contributed by atoms with E-state index in [9.17, 15) is 8.42 Å². The van der Waals surface area contributed by atoms with Crippen LogP contribution in [0.2, 0.25) is 0 Å². The molecule has 3 rings (SSSR count). The normalized spacial score (nSPS) is 12.2. The lowest BCUT2D eigenvalue weighted by Crippen LogP contribution is -2.27. The highest BCUT2D eigenvalue weighted by Gasteiger charge is 2.20. The number of aryl methyl sites for hydroxylation is 3. The van der Waals surface area contributed by atoms with Gasteiger partial charge in [0.1, 0.15) is 5.65 Å². The Morgan fingerprint density at radius 2 is 1.82 bits per heavy atom. The highest BCUT2D eigenvalue weighted by Crippen LogP contribution is 2.23. The molecule has 2 heterocycles. The van der Waals surface area contributed by atoms with E-state index in [1.807, 2.05) is 39.0 Å². The minimum absolute atomic E-state index is 0.352.